The second-order valence-electron chi connectivity index (χ2n) is 6.26. The van der Waals surface area contributed by atoms with Gasteiger partial charge in [-0.3, -0.25) is 0 Å². The van der Waals surface area contributed by atoms with Crippen LogP contribution in [0.3, 0.4) is 0 Å². The first-order valence-electron chi connectivity index (χ1n) is 8.15. The third kappa shape index (κ3) is 3.57. The topological polar surface area (TPSA) is 41.3 Å². The number of hydrogen-bond acceptors (Lipinski definition) is 3. The normalized spacial score (nSPS) is 18.5. The van der Waals surface area contributed by atoms with Crippen LogP contribution >= 0.6 is 0 Å². The molecule has 1 aliphatic heterocycles. The van der Waals surface area contributed by atoms with E-state index < -0.39 is 6.10 Å². The van der Waals surface area contributed by atoms with Crippen molar-refractivity contribution >= 4 is 0 Å². The molecule has 0 aliphatic carbocycles. The van der Waals surface area contributed by atoms with Gasteiger partial charge in [-0.1, -0.05) is 30.3 Å². The zero-order valence-corrected chi connectivity index (χ0v) is 13.2. The molecule has 0 radical (unpaired) electrons. The van der Waals surface area contributed by atoms with E-state index in [9.17, 15) is 5.11 Å². The number of aryl methyl sites for hydroxylation is 1. The van der Waals surface area contributed by atoms with Gasteiger partial charge < -0.3 is 14.6 Å². The average molecular weight is 299 g/mol. The summed E-state index contributed by atoms with van der Waals surface area (Å²) in [6, 6.07) is 10.7. The summed E-state index contributed by atoms with van der Waals surface area (Å²) < 4.78 is 1.92. The van der Waals surface area contributed by atoms with Crippen LogP contribution in [0.5, 0.6) is 0 Å². The van der Waals surface area contributed by atoms with E-state index in [0.717, 1.165) is 44.7 Å². The monoisotopic (exact) mass is 299 g/mol. The summed E-state index contributed by atoms with van der Waals surface area (Å²) in [5.41, 5.74) is 1.40. The van der Waals surface area contributed by atoms with Crippen molar-refractivity contribution in [3.05, 3.63) is 54.1 Å². The molecule has 118 valence electrons. The van der Waals surface area contributed by atoms with Crippen molar-refractivity contribution in [3.63, 3.8) is 0 Å². The van der Waals surface area contributed by atoms with E-state index in [2.05, 4.69) is 40.2 Å². The Labute approximate surface area is 132 Å². The van der Waals surface area contributed by atoms with Gasteiger partial charge in [-0.15, -0.1) is 0 Å². The molecule has 2 heterocycles. The van der Waals surface area contributed by atoms with E-state index in [1.807, 2.05) is 17.8 Å². The zero-order chi connectivity index (χ0) is 15.4. The third-order valence-electron chi connectivity index (χ3n) is 4.76. The number of aliphatic hydroxyl groups is 1. The summed E-state index contributed by atoms with van der Waals surface area (Å²) in [7, 11) is 1.94. The van der Waals surface area contributed by atoms with Crippen molar-refractivity contribution in [3.8, 4) is 0 Å². The third-order valence-corrected chi connectivity index (χ3v) is 4.76. The van der Waals surface area contributed by atoms with Crippen LogP contribution in [0.1, 0.15) is 30.3 Å². The van der Waals surface area contributed by atoms with Gasteiger partial charge in [0.25, 0.3) is 0 Å². The van der Waals surface area contributed by atoms with Gasteiger partial charge in [0.15, 0.2) is 0 Å². The maximum absolute atomic E-state index is 10.5. The molecule has 1 atom stereocenters. The average Bonchev–Trinajstić information content (AvgIpc) is 3.00. The SMILES string of the molecule is Cn1ccnc1C(O)C1CCN(CCc2ccccc2)CC1. The van der Waals surface area contributed by atoms with Crippen molar-refractivity contribution < 1.29 is 5.11 Å². The minimum Gasteiger partial charge on any atom is -0.385 e. The lowest BCUT2D eigenvalue weighted by Gasteiger charge is -2.34. The first-order valence-corrected chi connectivity index (χ1v) is 8.15. The van der Waals surface area contributed by atoms with Crippen LogP contribution in [-0.2, 0) is 13.5 Å². The Hall–Kier alpha value is -1.65. The summed E-state index contributed by atoms with van der Waals surface area (Å²) in [5, 5.41) is 10.5. The first-order chi connectivity index (χ1) is 10.7. The van der Waals surface area contributed by atoms with Gasteiger partial charge in [-0.25, -0.2) is 4.98 Å². The Bertz CT molecular complexity index is 573. The number of aliphatic hydroxyl groups excluding tert-OH is 1. The number of rotatable bonds is 5. The summed E-state index contributed by atoms with van der Waals surface area (Å²) in [6.45, 7) is 3.24. The minimum atomic E-state index is -0.434. The molecule has 1 N–H and O–H groups in total. The summed E-state index contributed by atoms with van der Waals surface area (Å²) in [4.78, 5) is 6.79. The highest BCUT2D eigenvalue weighted by molar-refractivity contribution is 5.14. The van der Waals surface area contributed by atoms with Crippen LogP contribution in [0.2, 0.25) is 0 Å². The number of piperidine rings is 1. The van der Waals surface area contributed by atoms with Crippen LogP contribution in [0, 0.1) is 5.92 Å². The Morgan fingerprint density at radius 1 is 1.23 bits per heavy atom. The number of hydrogen-bond donors (Lipinski definition) is 1. The predicted molar refractivity (Wildman–Crippen MR) is 87.5 cm³/mol. The fourth-order valence-corrected chi connectivity index (χ4v) is 3.30. The van der Waals surface area contributed by atoms with E-state index in [4.69, 9.17) is 0 Å². The van der Waals surface area contributed by atoms with Crippen LogP contribution in [0.25, 0.3) is 0 Å². The minimum absolute atomic E-state index is 0.328. The second-order valence-corrected chi connectivity index (χ2v) is 6.26. The van der Waals surface area contributed by atoms with Crippen molar-refractivity contribution in [2.75, 3.05) is 19.6 Å². The Morgan fingerprint density at radius 2 is 1.95 bits per heavy atom. The fraction of sp³-hybridized carbons (Fsp3) is 0.500. The lowest BCUT2D eigenvalue weighted by molar-refractivity contribution is 0.0514. The molecule has 1 aromatic heterocycles. The fourth-order valence-electron chi connectivity index (χ4n) is 3.30. The highest BCUT2D eigenvalue weighted by atomic mass is 16.3. The molecule has 0 bridgehead atoms. The van der Waals surface area contributed by atoms with E-state index in [1.54, 1.807) is 6.20 Å². The molecule has 22 heavy (non-hydrogen) atoms. The molecule has 1 aromatic carbocycles. The lowest BCUT2D eigenvalue weighted by atomic mass is 9.90. The molecule has 2 aromatic rings. The largest absolute Gasteiger partial charge is 0.385 e. The molecule has 3 rings (SSSR count). The van der Waals surface area contributed by atoms with Gasteiger partial charge in [0.05, 0.1) is 0 Å². The molecule has 1 unspecified atom stereocenters. The number of nitrogens with zero attached hydrogens (tertiary/aromatic N) is 3. The Balaban J connectivity index is 1.47. The molecule has 1 aliphatic rings. The standard InChI is InChI=1S/C18H25N3O/c1-20-14-10-19-18(20)17(22)16-8-12-21(13-9-16)11-7-15-5-3-2-4-6-15/h2-6,10,14,16-17,22H,7-9,11-13H2,1H3. The second kappa shape index (κ2) is 7.07. The van der Waals surface area contributed by atoms with Crippen LogP contribution in [0.15, 0.2) is 42.7 Å². The highest BCUT2D eigenvalue weighted by Crippen LogP contribution is 2.29. The molecule has 4 nitrogen and oxygen atoms in total. The summed E-state index contributed by atoms with van der Waals surface area (Å²) >= 11 is 0. The van der Waals surface area contributed by atoms with Gasteiger partial charge in [-0.2, -0.15) is 0 Å². The molecular formula is C18H25N3O. The van der Waals surface area contributed by atoms with E-state index in [0.29, 0.717) is 5.92 Å². The van der Waals surface area contributed by atoms with E-state index in [1.165, 1.54) is 5.56 Å². The summed E-state index contributed by atoms with van der Waals surface area (Å²) in [6.07, 6.45) is 6.41. The van der Waals surface area contributed by atoms with Gasteiger partial charge in [-0.05, 0) is 43.8 Å². The number of benzene rings is 1. The molecule has 4 heteroatoms. The van der Waals surface area contributed by atoms with E-state index >= 15 is 0 Å². The van der Waals surface area contributed by atoms with Crippen LogP contribution in [-0.4, -0.2) is 39.2 Å². The van der Waals surface area contributed by atoms with Crippen LogP contribution in [0.4, 0.5) is 0 Å². The first kappa shape index (κ1) is 15.3. The van der Waals surface area contributed by atoms with Crippen LogP contribution < -0.4 is 0 Å². The summed E-state index contributed by atoms with van der Waals surface area (Å²) in [5.74, 6) is 1.12. The van der Waals surface area contributed by atoms with Crippen molar-refractivity contribution in [2.45, 2.75) is 25.4 Å². The van der Waals surface area contributed by atoms with Gasteiger partial charge in [0.1, 0.15) is 11.9 Å². The number of aromatic nitrogens is 2. The van der Waals surface area contributed by atoms with Gasteiger partial charge >= 0.3 is 0 Å². The molecule has 0 spiro atoms. The van der Waals surface area contributed by atoms with Crippen molar-refractivity contribution in [1.29, 1.82) is 0 Å². The van der Waals surface area contributed by atoms with Crippen molar-refractivity contribution in [1.82, 2.24) is 14.5 Å². The Kier molecular flexibility index (Phi) is 4.90. The number of likely N-dealkylation sites (tertiary alicyclic amines) is 1. The maximum Gasteiger partial charge on any atom is 0.137 e. The zero-order valence-electron chi connectivity index (χ0n) is 13.2. The molecule has 1 saturated heterocycles. The van der Waals surface area contributed by atoms with E-state index in [-0.39, 0.29) is 0 Å². The van der Waals surface area contributed by atoms with Gasteiger partial charge in [0, 0.05) is 26.0 Å². The predicted octanol–water partition coefficient (Wildman–Crippen LogP) is 2.41. The highest BCUT2D eigenvalue weighted by Gasteiger charge is 2.28. The maximum atomic E-state index is 10.5. The lowest BCUT2D eigenvalue weighted by Crippen LogP contribution is -2.37. The molecule has 0 saturated carbocycles. The van der Waals surface area contributed by atoms with Gasteiger partial charge in [0.2, 0.25) is 0 Å². The number of imidazole rings is 1. The quantitative estimate of drug-likeness (QED) is 0.922. The smallest absolute Gasteiger partial charge is 0.137 e. The molecule has 1 fully saturated rings. The molecular weight excluding hydrogens is 274 g/mol. The molecule has 0 amide bonds. The van der Waals surface area contributed by atoms with Crippen molar-refractivity contribution in [2.24, 2.45) is 13.0 Å². The Morgan fingerprint density at radius 3 is 2.59 bits per heavy atom.